The van der Waals surface area contributed by atoms with E-state index in [1.807, 2.05) is 18.7 Å². The third kappa shape index (κ3) is 4.19. The molecule has 0 spiro atoms. The van der Waals surface area contributed by atoms with Crippen LogP contribution in [0.1, 0.15) is 72.6 Å². The normalized spacial score (nSPS) is 32.8. The van der Waals surface area contributed by atoms with Crippen LogP contribution in [0.4, 0.5) is 0 Å². The lowest BCUT2D eigenvalue weighted by Gasteiger charge is -2.48. The maximum absolute atomic E-state index is 13.1. The monoisotopic (exact) mass is 337 g/mol. The van der Waals surface area contributed by atoms with Gasteiger partial charge in [-0.25, -0.2) is 0 Å². The molecule has 4 heteroatoms. The second-order valence-electron chi connectivity index (χ2n) is 8.09. The quantitative estimate of drug-likeness (QED) is 0.808. The summed E-state index contributed by atoms with van der Waals surface area (Å²) in [5.74, 6) is 1.82. The number of hydrogen-bond donors (Lipinski definition) is 1. The minimum atomic E-state index is -0.429. The molecule has 0 aromatic heterocycles. The molecule has 2 fully saturated rings. The molecule has 2 aliphatic rings. The summed E-state index contributed by atoms with van der Waals surface area (Å²) in [4.78, 5) is 27.2. The molecule has 1 heterocycles. The number of fused-ring (bicyclic) bond motifs is 1. The molecule has 1 saturated carbocycles. The Labute approximate surface area is 147 Å². The van der Waals surface area contributed by atoms with Gasteiger partial charge in [-0.2, -0.15) is 0 Å². The maximum Gasteiger partial charge on any atom is 0.226 e. The number of amides is 1. The predicted molar refractivity (Wildman–Crippen MR) is 95.5 cm³/mol. The second kappa shape index (κ2) is 8.46. The lowest BCUT2D eigenvalue weighted by molar-refractivity contribution is -0.149. The first-order chi connectivity index (χ1) is 11.4. The molecule has 0 aromatic rings. The molecule has 0 bridgehead atoms. The molecule has 1 amide bonds. The SMILES string of the molecule is CC[C@@H](O)C[C@@H](CC)C(=O)N1C[C@H]2CCCC(C)[C@H]2C[C@H]1C(C)=O. The average molecular weight is 338 g/mol. The van der Waals surface area contributed by atoms with Crippen LogP contribution in [0.3, 0.4) is 0 Å². The first kappa shape index (κ1) is 19.4. The first-order valence-electron chi connectivity index (χ1n) is 9.87. The van der Waals surface area contributed by atoms with Crippen molar-refractivity contribution < 1.29 is 14.7 Å². The Morgan fingerprint density at radius 3 is 2.50 bits per heavy atom. The van der Waals surface area contributed by atoms with Crippen molar-refractivity contribution in [3.05, 3.63) is 0 Å². The van der Waals surface area contributed by atoms with Crippen molar-refractivity contribution in [1.82, 2.24) is 4.90 Å². The summed E-state index contributed by atoms with van der Waals surface area (Å²) >= 11 is 0. The van der Waals surface area contributed by atoms with Crippen molar-refractivity contribution in [3.8, 4) is 0 Å². The number of nitrogens with zero attached hydrogens (tertiary/aromatic N) is 1. The zero-order valence-corrected chi connectivity index (χ0v) is 15.8. The topological polar surface area (TPSA) is 57.6 Å². The summed E-state index contributed by atoms with van der Waals surface area (Å²) in [6, 6.07) is -0.257. The van der Waals surface area contributed by atoms with Gasteiger partial charge in [0.25, 0.3) is 0 Å². The predicted octanol–water partition coefficient (Wildman–Crippen LogP) is 3.42. The van der Waals surface area contributed by atoms with Gasteiger partial charge in [0.2, 0.25) is 5.91 Å². The summed E-state index contributed by atoms with van der Waals surface area (Å²) in [6.45, 7) is 8.60. The van der Waals surface area contributed by atoms with E-state index in [9.17, 15) is 14.7 Å². The van der Waals surface area contributed by atoms with E-state index in [4.69, 9.17) is 0 Å². The van der Waals surface area contributed by atoms with Gasteiger partial charge in [-0.15, -0.1) is 0 Å². The summed E-state index contributed by atoms with van der Waals surface area (Å²) in [7, 11) is 0. The van der Waals surface area contributed by atoms with Crippen molar-refractivity contribution >= 4 is 11.7 Å². The summed E-state index contributed by atoms with van der Waals surface area (Å²) < 4.78 is 0. The van der Waals surface area contributed by atoms with E-state index in [2.05, 4.69) is 6.92 Å². The molecule has 0 radical (unpaired) electrons. The van der Waals surface area contributed by atoms with Crippen LogP contribution in [0.25, 0.3) is 0 Å². The number of carbonyl (C=O) groups excluding carboxylic acids is 2. The Morgan fingerprint density at radius 2 is 1.92 bits per heavy atom. The molecule has 2 rings (SSSR count). The van der Waals surface area contributed by atoms with Crippen LogP contribution in [-0.4, -0.2) is 40.4 Å². The molecule has 1 unspecified atom stereocenters. The second-order valence-corrected chi connectivity index (χ2v) is 8.09. The van der Waals surface area contributed by atoms with Crippen molar-refractivity contribution in [2.24, 2.45) is 23.7 Å². The van der Waals surface area contributed by atoms with Crippen LogP contribution in [-0.2, 0) is 9.59 Å². The third-order valence-electron chi connectivity index (χ3n) is 6.50. The fourth-order valence-electron chi connectivity index (χ4n) is 4.81. The van der Waals surface area contributed by atoms with Gasteiger partial charge in [-0.1, -0.05) is 33.6 Å². The molecule has 4 nitrogen and oxygen atoms in total. The van der Waals surface area contributed by atoms with Gasteiger partial charge < -0.3 is 10.0 Å². The molecular formula is C20H35NO3. The van der Waals surface area contributed by atoms with Crippen LogP contribution < -0.4 is 0 Å². The van der Waals surface area contributed by atoms with Gasteiger partial charge in [0.05, 0.1) is 12.1 Å². The number of rotatable bonds is 6. The van der Waals surface area contributed by atoms with E-state index in [0.717, 1.165) is 19.4 Å². The highest BCUT2D eigenvalue weighted by atomic mass is 16.3. The summed E-state index contributed by atoms with van der Waals surface area (Å²) in [6.07, 6.45) is 5.97. The smallest absolute Gasteiger partial charge is 0.226 e. The first-order valence-corrected chi connectivity index (χ1v) is 9.87. The Hall–Kier alpha value is -0.900. The van der Waals surface area contributed by atoms with Crippen LogP contribution >= 0.6 is 0 Å². The van der Waals surface area contributed by atoms with Crippen LogP contribution in [0.2, 0.25) is 0 Å². The van der Waals surface area contributed by atoms with Crippen LogP contribution in [0.5, 0.6) is 0 Å². The highest BCUT2D eigenvalue weighted by Crippen LogP contribution is 2.42. The minimum absolute atomic E-state index is 0.0851. The largest absolute Gasteiger partial charge is 0.393 e. The summed E-state index contributed by atoms with van der Waals surface area (Å²) in [5, 5.41) is 9.97. The standard InChI is InChI=1S/C20H35NO3/c1-5-15(10-17(23)6-2)20(24)21-12-16-9-7-8-13(3)18(16)11-19(21)14(4)22/h13,15-19,23H,5-12H2,1-4H3/t13?,15-,16-,17-,18-,19+/m1/s1. The lowest BCUT2D eigenvalue weighted by atomic mass is 9.67. The summed E-state index contributed by atoms with van der Waals surface area (Å²) in [5.41, 5.74) is 0. The van der Waals surface area contributed by atoms with Gasteiger partial charge in [-0.3, -0.25) is 9.59 Å². The number of ketones is 1. The van der Waals surface area contributed by atoms with Crippen molar-refractivity contribution in [1.29, 1.82) is 0 Å². The van der Waals surface area contributed by atoms with Gasteiger partial charge in [-0.05, 0) is 56.8 Å². The molecular weight excluding hydrogens is 302 g/mol. The molecule has 138 valence electrons. The zero-order chi connectivity index (χ0) is 17.9. The molecule has 24 heavy (non-hydrogen) atoms. The van der Waals surface area contributed by atoms with Crippen molar-refractivity contribution in [2.75, 3.05) is 6.54 Å². The fraction of sp³-hybridized carbons (Fsp3) is 0.900. The Kier molecular flexibility index (Phi) is 6.85. The highest BCUT2D eigenvalue weighted by molar-refractivity contribution is 5.88. The number of hydrogen-bond acceptors (Lipinski definition) is 3. The number of aliphatic hydroxyl groups excluding tert-OH is 1. The van der Waals surface area contributed by atoms with Crippen LogP contribution in [0.15, 0.2) is 0 Å². The van der Waals surface area contributed by atoms with Gasteiger partial charge in [0.15, 0.2) is 5.78 Å². The van der Waals surface area contributed by atoms with E-state index < -0.39 is 6.10 Å². The van der Waals surface area contributed by atoms with Gasteiger partial charge >= 0.3 is 0 Å². The van der Waals surface area contributed by atoms with E-state index in [-0.39, 0.29) is 23.7 Å². The van der Waals surface area contributed by atoms with E-state index in [0.29, 0.717) is 30.6 Å². The van der Waals surface area contributed by atoms with Crippen LogP contribution in [0, 0.1) is 23.7 Å². The van der Waals surface area contributed by atoms with E-state index in [1.54, 1.807) is 6.92 Å². The number of aliphatic hydroxyl groups is 1. The van der Waals surface area contributed by atoms with E-state index >= 15 is 0 Å². The number of likely N-dealkylation sites (tertiary alicyclic amines) is 1. The molecule has 1 aliphatic carbocycles. The van der Waals surface area contributed by atoms with Gasteiger partial charge in [0, 0.05) is 12.5 Å². The minimum Gasteiger partial charge on any atom is -0.393 e. The third-order valence-corrected chi connectivity index (χ3v) is 6.50. The molecule has 6 atom stereocenters. The average Bonchev–Trinajstić information content (AvgIpc) is 2.58. The lowest BCUT2D eigenvalue weighted by Crippen LogP contribution is -2.56. The number of Topliss-reactive ketones (excluding diaryl/α,β-unsaturated/α-hetero) is 1. The Balaban J connectivity index is 2.15. The van der Waals surface area contributed by atoms with Crippen molar-refractivity contribution in [2.45, 2.75) is 84.8 Å². The number of carbonyl (C=O) groups is 2. The van der Waals surface area contributed by atoms with Crippen molar-refractivity contribution in [3.63, 3.8) is 0 Å². The molecule has 1 saturated heterocycles. The molecule has 1 aliphatic heterocycles. The Morgan fingerprint density at radius 1 is 1.21 bits per heavy atom. The zero-order valence-electron chi connectivity index (χ0n) is 15.8. The highest BCUT2D eigenvalue weighted by Gasteiger charge is 2.44. The maximum atomic E-state index is 13.1. The molecule has 0 aromatic carbocycles. The molecule has 1 N–H and O–H groups in total. The number of piperidine rings is 1. The fourth-order valence-corrected chi connectivity index (χ4v) is 4.81. The van der Waals surface area contributed by atoms with E-state index in [1.165, 1.54) is 19.3 Å². The van der Waals surface area contributed by atoms with Gasteiger partial charge in [0.1, 0.15) is 0 Å². The Bertz CT molecular complexity index is 450.